The molecule has 1 atom stereocenters. The number of ether oxygens (including phenoxy) is 2. The van der Waals surface area contributed by atoms with Gasteiger partial charge in [0.1, 0.15) is 6.10 Å². The van der Waals surface area contributed by atoms with Gasteiger partial charge in [-0.25, -0.2) is 17.2 Å². The number of aromatic nitrogens is 1. The molecule has 0 fully saturated rings. The number of nitrogens with zero attached hydrogens (tertiary/aromatic N) is 2. The number of aryl methyl sites for hydroxylation is 1. The van der Waals surface area contributed by atoms with Gasteiger partial charge in [-0.15, -0.1) is 0 Å². The summed E-state index contributed by atoms with van der Waals surface area (Å²) in [6.07, 6.45) is 1.97. The molecule has 0 radical (unpaired) electrons. The topological polar surface area (TPSA) is 98.4 Å². The van der Waals surface area contributed by atoms with Crippen LogP contribution in [0.3, 0.4) is 0 Å². The Kier molecular flexibility index (Phi) is 7.75. The number of rotatable bonds is 9. The van der Waals surface area contributed by atoms with Gasteiger partial charge in [-0.2, -0.15) is 5.26 Å². The molecular formula is C29H26N2O5S. The molecule has 0 unspecified atom stereocenters. The minimum atomic E-state index is -3.92. The van der Waals surface area contributed by atoms with Gasteiger partial charge in [0.25, 0.3) is 10.0 Å². The second-order valence-electron chi connectivity index (χ2n) is 8.39. The monoisotopic (exact) mass is 514 g/mol. The summed E-state index contributed by atoms with van der Waals surface area (Å²) < 4.78 is 39.9. The maximum atomic E-state index is 13.8. The number of benzene rings is 3. The lowest BCUT2D eigenvalue weighted by atomic mass is 10.0. The van der Waals surface area contributed by atoms with Gasteiger partial charge in [-0.1, -0.05) is 48.0 Å². The van der Waals surface area contributed by atoms with E-state index in [4.69, 9.17) is 9.47 Å². The Balaban J connectivity index is 1.79. The lowest BCUT2D eigenvalue weighted by molar-refractivity contribution is -0.137. The Morgan fingerprint density at radius 3 is 2.43 bits per heavy atom. The van der Waals surface area contributed by atoms with E-state index >= 15 is 0 Å². The van der Waals surface area contributed by atoms with Crippen molar-refractivity contribution in [2.24, 2.45) is 0 Å². The van der Waals surface area contributed by atoms with Crippen LogP contribution in [0.5, 0.6) is 0 Å². The fourth-order valence-corrected chi connectivity index (χ4v) is 5.57. The molecule has 188 valence electrons. The molecule has 37 heavy (non-hydrogen) atoms. The van der Waals surface area contributed by atoms with E-state index in [0.717, 1.165) is 16.5 Å². The van der Waals surface area contributed by atoms with Gasteiger partial charge in [0.2, 0.25) is 0 Å². The van der Waals surface area contributed by atoms with Crippen molar-refractivity contribution in [1.29, 1.82) is 5.26 Å². The summed E-state index contributed by atoms with van der Waals surface area (Å²) in [4.78, 5) is 12.0. The van der Waals surface area contributed by atoms with E-state index in [2.05, 4.69) is 6.07 Å². The number of hydrogen-bond acceptors (Lipinski definition) is 6. The van der Waals surface area contributed by atoms with Crippen molar-refractivity contribution >= 4 is 26.9 Å². The summed E-state index contributed by atoms with van der Waals surface area (Å²) >= 11 is 0. The summed E-state index contributed by atoms with van der Waals surface area (Å²) in [6, 6.07) is 24.8. The average Bonchev–Trinajstić information content (AvgIpc) is 3.27. The SMILES string of the molecule is CCOC(=O)/C=C/O[C@H](Cc1cc2ccccc2n1S(=O)(=O)c1ccc(C)cc1)c1ccc(C#N)cc1. The fraction of sp³-hybridized carbons (Fsp3) is 0.172. The molecule has 0 amide bonds. The van der Waals surface area contributed by atoms with Crippen molar-refractivity contribution in [3.05, 3.63) is 114 Å². The van der Waals surface area contributed by atoms with Crippen LogP contribution in [0.4, 0.5) is 0 Å². The van der Waals surface area contributed by atoms with E-state index in [-0.39, 0.29) is 17.9 Å². The maximum absolute atomic E-state index is 13.8. The molecular weight excluding hydrogens is 488 g/mol. The van der Waals surface area contributed by atoms with Crippen LogP contribution in [-0.4, -0.2) is 25.0 Å². The van der Waals surface area contributed by atoms with Crippen LogP contribution in [-0.2, 0) is 30.7 Å². The summed E-state index contributed by atoms with van der Waals surface area (Å²) in [5, 5.41) is 9.95. The number of carbonyl (C=O) groups excluding carboxylic acids is 1. The Morgan fingerprint density at radius 2 is 1.76 bits per heavy atom. The van der Waals surface area contributed by atoms with E-state index in [1.54, 1.807) is 67.6 Å². The summed E-state index contributed by atoms with van der Waals surface area (Å²) in [7, 11) is -3.92. The Labute approximate surface area is 216 Å². The van der Waals surface area contributed by atoms with E-state index < -0.39 is 22.1 Å². The molecule has 7 nitrogen and oxygen atoms in total. The van der Waals surface area contributed by atoms with Crippen molar-refractivity contribution in [2.45, 2.75) is 31.3 Å². The second-order valence-corrected chi connectivity index (χ2v) is 10.2. The van der Waals surface area contributed by atoms with Crippen molar-refractivity contribution in [3.63, 3.8) is 0 Å². The smallest absolute Gasteiger partial charge is 0.333 e. The van der Waals surface area contributed by atoms with Gasteiger partial charge in [-0.3, -0.25) is 0 Å². The molecule has 0 spiro atoms. The fourth-order valence-electron chi connectivity index (χ4n) is 4.02. The molecule has 0 aliphatic carbocycles. The third-order valence-electron chi connectivity index (χ3n) is 5.84. The zero-order chi connectivity index (χ0) is 26.4. The van der Waals surface area contributed by atoms with E-state index in [1.807, 2.05) is 25.1 Å². The molecule has 4 aromatic rings. The van der Waals surface area contributed by atoms with Gasteiger partial charge in [-0.05, 0) is 55.8 Å². The highest BCUT2D eigenvalue weighted by Crippen LogP contribution is 2.31. The highest BCUT2D eigenvalue weighted by Gasteiger charge is 2.25. The average molecular weight is 515 g/mol. The first-order chi connectivity index (χ1) is 17.8. The number of hydrogen-bond donors (Lipinski definition) is 0. The van der Waals surface area contributed by atoms with Crippen molar-refractivity contribution < 1.29 is 22.7 Å². The van der Waals surface area contributed by atoms with Crippen LogP contribution in [0.25, 0.3) is 10.9 Å². The van der Waals surface area contributed by atoms with E-state index in [0.29, 0.717) is 16.8 Å². The predicted molar refractivity (Wildman–Crippen MR) is 140 cm³/mol. The first kappa shape index (κ1) is 25.7. The minimum Gasteiger partial charge on any atom is -0.493 e. The van der Waals surface area contributed by atoms with Crippen LogP contribution in [0.2, 0.25) is 0 Å². The molecule has 1 aromatic heterocycles. The second kappa shape index (κ2) is 11.1. The highest BCUT2D eigenvalue weighted by atomic mass is 32.2. The minimum absolute atomic E-state index is 0.179. The summed E-state index contributed by atoms with van der Waals surface area (Å²) in [5.41, 5.74) is 3.23. The summed E-state index contributed by atoms with van der Waals surface area (Å²) in [5.74, 6) is -0.544. The third kappa shape index (κ3) is 5.74. The Morgan fingerprint density at radius 1 is 1.05 bits per heavy atom. The highest BCUT2D eigenvalue weighted by molar-refractivity contribution is 7.90. The first-order valence-corrected chi connectivity index (χ1v) is 13.2. The van der Waals surface area contributed by atoms with Gasteiger partial charge in [0, 0.05) is 17.5 Å². The van der Waals surface area contributed by atoms with E-state index in [9.17, 15) is 18.5 Å². The number of carbonyl (C=O) groups is 1. The molecule has 8 heteroatoms. The molecule has 0 bridgehead atoms. The third-order valence-corrected chi connectivity index (χ3v) is 7.62. The van der Waals surface area contributed by atoms with Crippen LogP contribution in [0, 0.1) is 18.3 Å². The van der Waals surface area contributed by atoms with Crippen molar-refractivity contribution in [1.82, 2.24) is 3.97 Å². The maximum Gasteiger partial charge on any atom is 0.333 e. The zero-order valence-electron chi connectivity index (χ0n) is 20.5. The van der Waals surface area contributed by atoms with Crippen LogP contribution in [0.1, 0.15) is 35.4 Å². The first-order valence-electron chi connectivity index (χ1n) is 11.7. The molecule has 4 rings (SSSR count). The van der Waals surface area contributed by atoms with Gasteiger partial charge < -0.3 is 9.47 Å². The Hall–Kier alpha value is -4.35. The summed E-state index contributed by atoms with van der Waals surface area (Å²) in [6.45, 7) is 3.84. The number of esters is 1. The Bertz CT molecular complexity index is 1580. The van der Waals surface area contributed by atoms with Crippen LogP contribution in [0.15, 0.2) is 96.1 Å². The quantitative estimate of drug-likeness (QED) is 0.168. The molecule has 0 aliphatic heterocycles. The normalized spacial score (nSPS) is 12.4. The number of fused-ring (bicyclic) bond motifs is 1. The lowest BCUT2D eigenvalue weighted by Crippen LogP contribution is -2.18. The largest absolute Gasteiger partial charge is 0.493 e. The predicted octanol–water partition coefficient (Wildman–Crippen LogP) is 5.44. The molecule has 1 heterocycles. The molecule has 0 aliphatic rings. The number of para-hydroxylation sites is 1. The van der Waals surface area contributed by atoms with Crippen molar-refractivity contribution in [3.8, 4) is 6.07 Å². The molecule has 0 saturated carbocycles. The van der Waals surface area contributed by atoms with Crippen LogP contribution >= 0.6 is 0 Å². The molecule has 0 saturated heterocycles. The molecule has 0 N–H and O–H groups in total. The van der Waals surface area contributed by atoms with Gasteiger partial charge in [0.15, 0.2) is 0 Å². The van der Waals surface area contributed by atoms with Gasteiger partial charge in [0.05, 0.1) is 41.0 Å². The molecule has 3 aromatic carbocycles. The van der Waals surface area contributed by atoms with Crippen LogP contribution < -0.4 is 0 Å². The van der Waals surface area contributed by atoms with Crippen molar-refractivity contribution in [2.75, 3.05) is 6.61 Å². The number of nitriles is 1. The zero-order valence-corrected chi connectivity index (χ0v) is 21.3. The standard InChI is InChI=1S/C29H26N2O5S/c1-3-35-29(32)16-17-36-28(23-12-10-22(20-30)11-13-23)19-25-18-24-6-4-5-7-27(24)31(25)37(33,34)26-14-8-21(2)9-15-26/h4-18,28H,3,19H2,1-2H3/b17-16+/t28-/m1/s1. The van der Waals surface area contributed by atoms with E-state index in [1.165, 1.54) is 16.3 Å². The lowest BCUT2D eigenvalue weighted by Gasteiger charge is -2.19. The van der Waals surface area contributed by atoms with Gasteiger partial charge >= 0.3 is 5.97 Å².